The molecule has 0 saturated carbocycles. The number of carbonyl (C=O) groups excluding carboxylic acids is 1. The highest BCUT2D eigenvalue weighted by molar-refractivity contribution is 5.82. The van der Waals surface area contributed by atoms with Gasteiger partial charge in [0.15, 0.2) is 0 Å². The maximum atomic E-state index is 11.4. The van der Waals surface area contributed by atoms with Gasteiger partial charge in [-0.3, -0.25) is 9.78 Å². The molecule has 0 aliphatic rings. The van der Waals surface area contributed by atoms with E-state index in [1.807, 2.05) is 24.3 Å². The average Bonchev–Trinajstić information content (AvgIpc) is 2.38. The minimum Gasteiger partial charge on any atom is -0.497 e. The number of rotatable bonds is 4. The molecule has 4 heteroatoms. The van der Waals surface area contributed by atoms with E-state index >= 15 is 0 Å². The number of ether oxygens (including phenoxy) is 2. The summed E-state index contributed by atoms with van der Waals surface area (Å²) in [6.07, 6.45) is 1.95. The number of pyridine rings is 1. The zero-order valence-corrected chi connectivity index (χ0v) is 10.5. The number of fused-ring (bicyclic) bond motifs is 1. The minimum absolute atomic E-state index is 0.229. The van der Waals surface area contributed by atoms with Crippen LogP contribution < -0.4 is 4.74 Å². The first kappa shape index (κ1) is 12.4. The third-order valence-electron chi connectivity index (χ3n) is 2.60. The van der Waals surface area contributed by atoms with Gasteiger partial charge >= 0.3 is 5.97 Å². The predicted octanol–water partition coefficient (Wildman–Crippen LogP) is 2.35. The largest absolute Gasteiger partial charge is 0.497 e. The molecule has 1 aromatic carbocycles. The molecule has 94 valence electrons. The Morgan fingerprint density at radius 2 is 2.17 bits per heavy atom. The van der Waals surface area contributed by atoms with Crippen LogP contribution in [0.3, 0.4) is 0 Å². The van der Waals surface area contributed by atoms with E-state index in [-0.39, 0.29) is 12.4 Å². The Kier molecular flexibility index (Phi) is 3.77. The lowest BCUT2D eigenvalue weighted by molar-refractivity contribution is -0.142. The van der Waals surface area contributed by atoms with E-state index in [2.05, 4.69) is 4.98 Å². The highest BCUT2D eigenvalue weighted by Crippen LogP contribution is 2.19. The van der Waals surface area contributed by atoms with Crippen LogP contribution in [-0.2, 0) is 16.0 Å². The van der Waals surface area contributed by atoms with Crippen molar-refractivity contribution >= 4 is 16.9 Å². The summed E-state index contributed by atoms with van der Waals surface area (Å²) in [6.45, 7) is 2.19. The standard InChI is InChI=1S/C14H15NO3/c1-3-18-14(16)7-10-6-11-4-5-12(17-2)8-13(11)15-9-10/h4-6,8-9H,3,7H2,1-2H3. The molecule has 0 aliphatic heterocycles. The van der Waals surface area contributed by atoms with Gasteiger partial charge in [-0.1, -0.05) is 0 Å². The van der Waals surface area contributed by atoms with Crippen LogP contribution >= 0.6 is 0 Å². The summed E-state index contributed by atoms with van der Waals surface area (Å²) in [5.41, 5.74) is 1.70. The Bertz CT molecular complexity index is 566. The van der Waals surface area contributed by atoms with Crippen molar-refractivity contribution in [3.05, 3.63) is 36.0 Å². The Hall–Kier alpha value is -2.10. The number of hydrogen-bond donors (Lipinski definition) is 0. The number of aromatic nitrogens is 1. The number of benzene rings is 1. The van der Waals surface area contributed by atoms with Crippen molar-refractivity contribution in [1.82, 2.24) is 4.98 Å². The van der Waals surface area contributed by atoms with Gasteiger partial charge in [0, 0.05) is 17.6 Å². The zero-order valence-electron chi connectivity index (χ0n) is 10.5. The van der Waals surface area contributed by atoms with Gasteiger partial charge in [-0.2, -0.15) is 0 Å². The molecular formula is C14H15NO3. The fraction of sp³-hybridized carbons (Fsp3) is 0.286. The lowest BCUT2D eigenvalue weighted by atomic mass is 10.1. The van der Waals surface area contributed by atoms with E-state index < -0.39 is 0 Å². The van der Waals surface area contributed by atoms with E-state index in [1.165, 1.54) is 0 Å². The van der Waals surface area contributed by atoms with Gasteiger partial charge in [0.25, 0.3) is 0 Å². The molecule has 0 amide bonds. The highest BCUT2D eigenvalue weighted by atomic mass is 16.5. The zero-order chi connectivity index (χ0) is 13.0. The molecular weight excluding hydrogens is 230 g/mol. The van der Waals surface area contributed by atoms with Gasteiger partial charge in [0.1, 0.15) is 5.75 Å². The Labute approximate surface area is 106 Å². The van der Waals surface area contributed by atoms with Crippen LogP contribution in [0, 0.1) is 0 Å². The van der Waals surface area contributed by atoms with Crippen molar-refractivity contribution in [3.8, 4) is 5.75 Å². The molecule has 0 unspecified atom stereocenters. The maximum Gasteiger partial charge on any atom is 0.310 e. The van der Waals surface area contributed by atoms with Crippen molar-refractivity contribution in [2.75, 3.05) is 13.7 Å². The number of nitrogens with zero attached hydrogens (tertiary/aromatic N) is 1. The first-order chi connectivity index (χ1) is 8.72. The molecule has 2 rings (SSSR count). The van der Waals surface area contributed by atoms with Gasteiger partial charge < -0.3 is 9.47 Å². The second kappa shape index (κ2) is 5.49. The number of methoxy groups -OCH3 is 1. The van der Waals surface area contributed by atoms with Gasteiger partial charge in [0.2, 0.25) is 0 Å². The summed E-state index contributed by atoms with van der Waals surface area (Å²) in [4.78, 5) is 15.7. The summed E-state index contributed by atoms with van der Waals surface area (Å²) in [5, 5.41) is 0.984. The van der Waals surface area contributed by atoms with Gasteiger partial charge in [0.05, 0.1) is 25.7 Å². The average molecular weight is 245 g/mol. The molecule has 0 spiro atoms. The molecule has 1 aromatic heterocycles. The second-order valence-corrected chi connectivity index (χ2v) is 3.88. The van der Waals surface area contributed by atoms with Crippen LogP contribution in [0.15, 0.2) is 30.5 Å². The molecule has 4 nitrogen and oxygen atoms in total. The van der Waals surface area contributed by atoms with Crippen molar-refractivity contribution in [1.29, 1.82) is 0 Å². The SMILES string of the molecule is CCOC(=O)Cc1cnc2cc(OC)ccc2c1. The van der Waals surface area contributed by atoms with E-state index in [1.54, 1.807) is 20.2 Å². The third-order valence-corrected chi connectivity index (χ3v) is 2.60. The quantitative estimate of drug-likeness (QED) is 0.776. The minimum atomic E-state index is -0.229. The summed E-state index contributed by atoms with van der Waals surface area (Å²) >= 11 is 0. The summed E-state index contributed by atoms with van der Waals surface area (Å²) in [6, 6.07) is 7.61. The van der Waals surface area contributed by atoms with Gasteiger partial charge in [-0.05, 0) is 30.7 Å². The van der Waals surface area contributed by atoms with Crippen molar-refractivity contribution in [2.45, 2.75) is 13.3 Å². The molecule has 2 aromatic rings. The lowest BCUT2D eigenvalue weighted by Gasteiger charge is -2.05. The van der Waals surface area contributed by atoms with E-state index in [4.69, 9.17) is 9.47 Å². The Morgan fingerprint density at radius 3 is 2.89 bits per heavy atom. The Balaban J connectivity index is 2.25. The molecule has 0 fully saturated rings. The molecule has 0 atom stereocenters. The van der Waals surface area contributed by atoms with Crippen LogP contribution in [0.25, 0.3) is 10.9 Å². The van der Waals surface area contributed by atoms with Crippen molar-refractivity contribution in [3.63, 3.8) is 0 Å². The highest BCUT2D eigenvalue weighted by Gasteiger charge is 2.06. The molecule has 0 saturated heterocycles. The molecule has 0 N–H and O–H groups in total. The van der Waals surface area contributed by atoms with E-state index in [0.717, 1.165) is 22.2 Å². The van der Waals surface area contributed by atoms with Crippen molar-refractivity contribution in [2.24, 2.45) is 0 Å². The number of esters is 1. The lowest BCUT2D eigenvalue weighted by Crippen LogP contribution is -2.07. The van der Waals surface area contributed by atoms with Crippen LogP contribution in [0.1, 0.15) is 12.5 Å². The number of carbonyl (C=O) groups is 1. The molecule has 0 aliphatic carbocycles. The molecule has 0 bridgehead atoms. The second-order valence-electron chi connectivity index (χ2n) is 3.88. The van der Waals surface area contributed by atoms with Crippen LogP contribution in [-0.4, -0.2) is 24.7 Å². The Morgan fingerprint density at radius 1 is 1.33 bits per heavy atom. The summed E-state index contributed by atoms with van der Waals surface area (Å²) < 4.78 is 10.0. The topological polar surface area (TPSA) is 48.4 Å². The monoisotopic (exact) mass is 245 g/mol. The van der Waals surface area contributed by atoms with Crippen molar-refractivity contribution < 1.29 is 14.3 Å². The van der Waals surface area contributed by atoms with E-state index in [9.17, 15) is 4.79 Å². The third kappa shape index (κ3) is 2.77. The summed E-state index contributed by atoms with van der Waals surface area (Å²) in [7, 11) is 1.62. The van der Waals surface area contributed by atoms with E-state index in [0.29, 0.717) is 6.61 Å². The molecule has 18 heavy (non-hydrogen) atoms. The normalized spacial score (nSPS) is 10.3. The fourth-order valence-corrected chi connectivity index (χ4v) is 1.75. The van der Waals surface area contributed by atoms with Crippen LogP contribution in [0.5, 0.6) is 5.75 Å². The maximum absolute atomic E-state index is 11.4. The fourth-order valence-electron chi connectivity index (χ4n) is 1.75. The van der Waals surface area contributed by atoms with Gasteiger partial charge in [-0.25, -0.2) is 0 Å². The first-order valence-electron chi connectivity index (χ1n) is 5.81. The summed E-state index contributed by atoms with van der Waals surface area (Å²) in [5.74, 6) is 0.542. The first-order valence-corrected chi connectivity index (χ1v) is 5.81. The molecule has 0 radical (unpaired) electrons. The molecule has 1 heterocycles. The van der Waals surface area contributed by atoms with Crippen LogP contribution in [0.2, 0.25) is 0 Å². The van der Waals surface area contributed by atoms with Crippen LogP contribution in [0.4, 0.5) is 0 Å². The smallest absolute Gasteiger partial charge is 0.310 e. The number of hydrogen-bond acceptors (Lipinski definition) is 4. The van der Waals surface area contributed by atoms with Gasteiger partial charge in [-0.15, -0.1) is 0 Å². The predicted molar refractivity (Wildman–Crippen MR) is 68.6 cm³/mol.